The van der Waals surface area contributed by atoms with E-state index in [0.717, 1.165) is 27.8 Å². The average molecular weight is 314 g/mol. The Morgan fingerprint density at radius 2 is 1.62 bits per heavy atom. The Hall–Kier alpha value is -2.87. The van der Waals surface area contributed by atoms with Crippen molar-refractivity contribution >= 4 is 22.6 Å². The van der Waals surface area contributed by atoms with Gasteiger partial charge in [0.1, 0.15) is 5.75 Å². The highest BCUT2D eigenvalue weighted by atomic mass is 16.5. The molecule has 0 bridgehead atoms. The SMILES string of the molecule is Cc1c(OC2(C)C(=O)C=Cc3ccccc32)ccc2ccccc12. The van der Waals surface area contributed by atoms with E-state index in [0.29, 0.717) is 0 Å². The molecule has 0 heterocycles. The van der Waals surface area contributed by atoms with Crippen molar-refractivity contribution in [2.75, 3.05) is 0 Å². The molecule has 2 nitrogen and oxygen atoms in total. The summed E-state index contributed by atoms with van der Waals surface area (Å²) in [6.07, 6.45) is 3.47. The van der Waals surface area contributed by atoms with Crippen molar-refractivity contribution in [3.05, 3.63) is 83.4 Å². The molecule has 1 aliphatic carbocycles. The molecule has 118 valence electrons. The first-order valence-corrected chi connectivity index (χ1v) is 8.09. The van der Waals surface area contributed by atoms with Crippen LogP contribution in [0.2, 0.25) is 0 Å². The van der Waals surface area contributed by atoms with E-state index in [2.05, 4.69) is 12.1 Å². The van der Waals surface area contributed by atoms with E-state index in [9.17, 15) is 4.79 Å². The molecule has 0 N–H and O–H groups in total. The Morgan fingerprint density at radius 1 is 0.875 bits per heavy atom. The molecule has 0 aliphatic heterocycles. The summed E-state index contributed by atoms with van der Waals surface area (Å²) in [5.41, 5.74) is 1.98. The lowest BCUT2D eigenvalue weighted by Gasteiger charge is -2.33. The van der Waals surface area contributed by atoms with Crippen LogP contribution < -0.4 is 4.74 Å². The van der Waals surface area contributed by atoms with Gasteiger partial charge in [-0.1, -0.05) is 60.7 Å². The summed E-state index contributed by atoms with van der Waals surface area (Å²) < 4.78 is 6.32. The van der Waals surface area contributed by atoms with Crippen LogP contribution in [-0.2, 0) is 10.4 Å². The summed E-state index contributed by atoms with van der Waals surface area (Å²) in [4.78, 5) is 12.6. The Morgan fingerprint density at radius 3 is 2.50 bits per heavy atom. The lowest BCUT2D eigenvalue weighted by molar-refractivity contribution is -0.129. The lowest BCUT2D eigenvalue weighted by Crippen LogP contribution is -2.40. The summed E-state index contributed by atoms with van der Waals surface area (Å²) in [5.74, 6) is 0.711. The van der Waals surface area contributed by atoms with Crippen LogP contribution in [0, 0.1) is 6.92 Å². The van der Waals surface area contributed by atoms with Gasteiger partial charge < -0.3 is 4.74 Å². The zero-order valence-corrected chi connectivity index (χ0v) is 13.7. The Kier molecular flexibility index (Phi) is 3.27. The number of benzene rings is 3. The molecule has 0 aromatic heterocycles. The van der Waals surface area contributed by atoms with Gasteiger partial charge in [0, 0.05) is 5.56 Å². The number of aryl methyl sites for hydroxylation is 1. The third-order valence-corrected chi connectivity index (χ3v) is 4.82. The van der Waals surface area contributed by atoms with Gasteiger partial charge in [-0.05, 0) is 47.9 Å². The van der Waals surface area contributed by atoms with Gasteiger partial charge in [0.25, 0.3) is 0 Å². The molecular formula is C22H18O2. The van der Waals surface area contributed by atoms with E-state index in [4.69, 9.17) is 4.74 Å². The minimum atomic E-state index is -1.00. The summed E-state index contributed by atoms with van der Waals surface area (Å²) >= 11 is 0. The molecule has 0 saturated heterocycles. The summed E-state index contributed by atoms with van der Waals surface area (Å²) in [7, 11) is 0. The molecular weight excluding hydrogens is 296 g/mol. The van der Waals surface area contributed by atoms with Crippen molar-refractivity contribution in [3.63, 3.8) is 0 Å². The summed E-state index contributed by atoms with van der Waals surface area (Å²) in [5, 5.41) is 2.31. The average Bonchev–Trinajstić information content (AvgIpc) is 2.61. The summed E-state index contributed by atoms with van der Waals surface area (Å²) in [6.45, 7) is 3.89. The van der Waals surface area contributed by atoms with Crippen molar-refractivity contribution in [2.45, 2.75) is 19.4 Å². The first-order valence-electron chi connectivity index (χ1n) is 8.09. The van der Waals surface area contributed by atoms with Gasteiger partial charge >= 0.3 is 0 Å². The highest BCUT2D eigenvalue weighted by Crippen LogP contribution is 2.38. The number of rotatable bonds is 2. The molecule has 3 aromatic carbocycles. The fourth-order valence-electron chi connectivity index (χ4n) is 3.38. The van der Waals surface area contributed by atoms with Gasteiger partial charge in [-0.25, -0.2) is 0 Å². The number of carbonyl (C=O) groups excluding carboxylic acids is 1. The molecule has 0 spiro atoms. The maximum Gasteiger partial charge on any atom is 0.203 e. The van der Waals surface area contributed by atoms with E-state index in [1.54, 1.807) is 6.08 Å². The second kappa shape index (κ2) is 5.34. The molecule has 3 aromatic rings. The van der Waals surface area contributed by atoms with Crippen LogP contribution in [0.3, 0.4) is 0 Å². The van der Waals surface area contributed by atoms with E-state index < -0.39 is 5.60 Å². The molecule has 4 rings (SSSR count). The second-order valence-electron chi connectivity index (χ2n) is 6.33. The van der Waals surface area contributed by atoms with Crippen LogP contribution in [0.5, 0.6) is 5.75 Å². The third-order valence-electron chi connectivity index (χ3n) is 4.82. The van der Waals surface area contributed by atoms with Crippen molar-refractivity contribution in [3.8, 4) is 5.75 Å². The number of hydrogen-bond donors (Lipinski definition) is 0. The van der Waals surface area contributed by atoms with Crippen LogP contribution in [0.15, 0.2) is 66.7 Å². The normalized spacial score (nSPS) is 19.3. The van der Waals surface area contributed by atoms with Gasteiger partial charge in [-0.15, -0.1) is 0 Å². The minimum absolute atomic E-state index is 0.0336. The fourth-order valence-corrected chi connectivity index (χ4v) is 3.38. The van der Waals surface area contributed by atoms with E-state index in [1.165, 1.54) is 5.39 Å². The Labute approximate surface area is 141 Å². The van der Waals surface area contributed by atoms with Crippen LogP contribution >= 0.6 is 0 Å². The molecule has 0 amide bonds. The smallest absolute Gasteiger partial charge is 0.203 e. The standard InChI is InChI=1S/C22H18O2/c1-15-18-9-5-3-7-16(18)11-13-20(15)24-22(2)19-10-6-4-8-17(19)12-14-21(22)23/h3-14H,1-2H3. The molecule has 1 atom stereocenters. The molecule has 0 radical (unpaired) electrons. The highest BCUT2D eigenvalue weighted by molar-refractivity contribution is 6.04. The molecule has 1 aliphatic rings. The van der Waals surface area contributed by atoms with Crippen LogP contribution in [0.4, 0.5) is 0 Å². The number of ether oxygens (including phenoxy) is 1. The number of hydrogen-bond acceptors (Lipinski definition) is 2. The van der Waals surface area contributed by atoms with Gasteiger partial charge in [-0.3, -0.25) is 4.79 Å². The van der Waals surface area contributed by atoms with Crippen LogP contribution in [0.1, 0.15) is 23.6 Å². The van der Waals surface area contributed by atoms with Crippen LogP contribution in [0.25, 0.3) is 16.8 Å². The predicted octanol–water partition coefficient (Wildman–Crippen LogP) is 5.04. The van der Waals surface area contributed by atoms with Crippen LogP contribution in [-0.4, -0.2) is 5.78 Å². The topological polar surface area (TPSA) is 26.3 Å². The Balaban J connectivity index is 1.84. The first-order chi connectivity index (χ1) is 11.6. The molecule has 0 saturated carbocycles. The van der Waals surface area contributed by atoms with Crippen molar-refractivity contribution in [1.82, 2.24) is 0 Å². The molecule has 2 heteroatoms. The van der Waals surface area contributed by atoms with E-state index in [-0.39, 0.29) is 5.78 Å². The summed E-state index contributed by atoms with van der Waals surface area (Å²) in [6, 6.07) is 20.1. The highest BCUT2D eigenvalue weighted by Gasteiger charge is 2.39. The van der Waals surface area contributed by atoms with Gasteiger partial charge in [0.2, 0.25) is 5.78 Å². The number of ketones is 1. The maximum atomic E-state index is 12.6. The van der Waals surface area contributed by atoms with Crippen molar-refractivity contribution in [1.29, 1.82) is 0 Å². The predicted molar refractivity (Wildman–Crippen MR) is 97.1 cm³/mol. The molecule has 0 fully saturated rings. The monoisotopic (exact) mass is 314 g/mol. The zero-order chi connectivity index (χ0) is 16.7. The third kappa shape index (κ3) is 2.15. The Bertz CT molecular complexity index is 984. The quantitative estimate of drug-likeness (QED) is 0.662. The van der Waals surface area contributed by atoms with Crippen molar-refractivity contribution in [2.24, 2.45) is 0 Å². The van der Waals surface area contributed by atoms with E-state index >= 15 is 0 Å². The van der Waals surface area contributed by atoms with Gasteiger partial charge in [-0.2, -0.15) is 0 Å². The van der Waals surface area contributed by atoms with E-state index in [1.807, 2.05) is 68.5 Å². The molecule has 1 unspecified atom stereocenters. The maximum absolute atomic E-state index is 12.6. The second-order valence-corrected chi connectivity index (χ2v) is 6.33. The van der Waals surface area contributed by atoms with Gasteiger partial charge in [0.15, 0.2) is 5.60 Å². The molecule has 24 heavy (non-hydrogen) atoms. The zero-order valence-electron chi connectivity index (χ0n) is 13.7. The lowest BCUT2D eigenvalue weighted by atomic mass is 9.83. The fraction of sp³-hybridized carbons (Fsp3) is 0.136. The largest absolute Gasteiger partial charge is 0.474 e. The minimum Gasteiger partial charge on any atom is -0.474 e. The first kappa shape index (κ1) is 14.7. The van der Waals surface area contributed by atoms with Gasteiger partial charge in [0.05, 0.1) is 0 Å². The number of fused-ring (bicyclic) bond motifs is 2. The van der Waals surface area contributed by atoms with Crippen molar-refractivity contribution < 1.29 is 9.53 Å². The number of carbonyl (C=O) groups is 1.